The van der Waals surface area contributed by atoms with Crippen molar-refractivity contribution in [3.63, 3.8) is 0 Å². The summed E-state index contributed by atoms with van der Waals surface area (Å²) in [4.78, 5) is 22.7. The Balaban J connectivity index is 1.74. The van der Waals surface area contributed by atoms with E-state index in [0.29, 0.717) is 24.5 Å². The van der Waals surface area contributed by atoms with Crippen LogP contribution in [0.3, 0.4) is 0 Å². The van der Waals surface area contributed by atoms with Crippen LogP contribution in [-0.4, -0.2) is 44.2 Å². The van der Waals surface area contributed by atoms with Gasteiger partial charge in [0.15, 0.2) is 5.11 Å². The molecule has 0 radical (unpaired) electrons. The third-order valence-corrected chi connectivity index (χ3v) is 6.25. The van der Waals surface area contributed by atoms with Crippen molar-refractivity contribution in [1.82, 2.24) is 24.8 Å². The quantitative estimate of drug-likeness (QED) is 0.434. The molecule has 3 aromatic rings. The van der Waals surface area contributed by atoms with Crippen molar-refractivity contribution in [3.8, 4) is 5.69 Å². The van der Waals surface area contributed by atoms with Crippen LogP contribution in [0.2, 0.25) is 0 Å². The Kier molecular flexibility index (Phi) is 6.50. The molecule has 8 heteroatoms. The fraction of sp³-hybridized carbons (Fsp3) is 0.333. The molecule has 2 atom stereocenters. The number of ether oxygens (including phenoxy) is 1. The molecule has 3 aromatic heterocycles. The molecule has 0 bridgehead atoms. The van der Waals surface area contributed by atoms with E-state index in [9.17, 15) is 4.79 Å². The second kappa shape index (κ2) is 9.48. The lowest BCUT2D eigenvalue weighted by atomic mass is 9.96. The first-order chi connectivity index (χ1) is 15.5. The maximum absolute atomic E-state index is 11.7. The van der Waals surface area contributed by atoms with Crippen molar-refractivity contribution in [2.75, 3.05) is 13.7 Å². The Bertz CT molecular complexity index is 1100. The lowest BCUT2D eigenvalue weighted by Gasteiger charge is -2.28. The highest BCUT2D eigenvalue weighted by atomic mass is 32.1. The lowest BCUT2D eigenvalue weighted by molar-refractivity contribution is -0.140. The van der Waals surface area contributed by atoms with E-state index in [0.717, 1.165) is 22.8 Å². The Morgan fingerprint density at radius 1 is 1.22 bits per heavy atom. The molecule has 1 aliphatic rings. The highest BCUT2D eigenvalue weighted by Crippen LogP contribution is 2.41. The average molecular weight is 450 g/mol. The summed E-state index contributed by atoms with van der Waals surface area (Å²) in [6, 6.07) is 12.0. The maximum atomic E-state index is 11.7. The van der Waals surface area contributed by atoms with Crippen LogP contribution in [-0.2, 0) is 9.53 Å². The first-order valence-corrected chi connectivity index (χ1v) is 11.1. The summed E-state index contributed by atoms with van der Waals surface area (Å²) in [5, 5.41) is 4.14. The van der Waals surface area contributed by atoms with Crippen molar-refractivity contribution < 1.29 is 9.53 Å². The van der Waals surface area contributed by atoms with Crippen molar-refractivity contribution in [1.29, 1.82) is 0 Å². The van der Waals surface area contributed by atoms with Crippen LogP contribution < -0.4 is 5.32 Å². The fourth-order valence-electron chi connectivity index (χ4n) is 4.45. The number of carbonyl (C=O) groups excluding carboxylic acids is 1. The van der Waals surface area contributed by atoms with Gasteiger partial charge in [0, 0.05) is 36.7 Å². The minimum Gasteiger partial charge on any atom is -0.469 e. The number of nitrogens with one attached hydrogen (secondary N) is 1. The topological polar surface area (TPSA) is 72.3 Å². The van der Waals surface area contributed by atoms with E-state index in [-0.39, 0.29) is 18.1 Å². The van der Waals surface area contributed by atoms with Gasteiger partial charge in [-0.05, 0) is 68.4 Å². The first kappa shape index (κ1) is 22.0. The van der Waals surface area contributed by atoms with E-state index in [1.807, 2.05) is 30.5 Å². The number of carbonyl (C=O) groups is 1. The predicted octanol–water partition coefficient (Wildman–Crippen LogP) is 3.81. The average Bonchev–Trinajstić information content (AvgIpc) is 3.29. The van der Waals surface area contributed by atoms with E-state index in [4.69, 9.17) is 17.0 Å². The number of rotatable bonds is 7. The normalized spacial score (nSPS) is 18.0. The number of thiocarbonyl (C=S) groups is 1. The Morgan fingerprint density at radius 3 is 2.75 bits per heavy atom. The molecule has 166 valence electrons. The zero-order valence-corrected chi connectivity index (χ0v) is 19.3. The van der Waals surface area contributed by atoms with Gasteiger partial charge in [0.05, 0.1) is 36.8 Å². The van der Waals surface area contributed by atoms with Crippen LogP contribution in [0.4, 0.5) is 0 Å². The molecular weight excluding hydrogens is 422 g/mol. The third kappa shape index (κ3) is 4.23. The summed E-state index contributed by atoms with van der Waals surface area (Å²) in [7, 11) is 1.41. The number of aromatic nitrogens is 3. The zero-order chi connectivity index (χ0) is 22.7. The minimum atomic E-state index is -0.212. The molecule has 1 saturated heterocycles. The van der Waals surface area contributed by atoms with Crippen LogP contribution in [0.25, 0.3) is 5.69 Å². The standard InChI is InChI=1S/C24H27N5O2S/c1-16-14-19(17(2)29(16)18-8-6-11-25-15-18)23-22(20-9-4-5-12-26-20)27-24(32)28(23)13-7-10-21(30)31-3/h4-6,8-9,11-12,14-15,22-23H,7,10,13H2,1-3H3,(H,27,32)/t22-,23-/m1/s1. The summed E-state index contributed by atoms with van der Waals surface area (Å²) in [5.74, 6) is -0.212. The molecular formula is C24H27N5O2S. The molecule has 4 heterocycles. The van der Waals surface area contributed by atoms with Crippen molar-refractivity contribution in [2.24, 2.45) is 0 Å². The van der Waals surface area contributed by atoms with Crippen LogP contribution in [0.5, 0.6) is 0 Å². The SMILES string of the molecule is COC(=O)CCCN1C(=S)N[C@H](c2ccccn2)[C@H]1c1cc(C)n(-c2cccnc2)c1C. The molecule has 0 spiro atoms. The Hall–Kier alpha value is -3.26. The second-order valence-electron chi connectivity index (χ2n) is 7.87. The van der Waals surface area contributed by atoms with Gasteiger partial charge in [-0.15, -0.1) is 0 Å². The molecule has 0 aromatic carbocycles. The molecule has 32 heavy (non-hydrogen) atoms. The first-order valence-electron chi connectivity index (χ1n) is 10.7. The number of hydrogen-bond donors (Lipinski definition) is 1. The van der Waals surface area contributed by atoms with Gasteiger partial charge in [-0.25, -0.2) is 0 Å². The van der Waals surface area contributed by atoms with E-state index < -0.39 is 0 Å². The predicted molar refractivity (Wildman–Crippen MR) is 126 cm³/mol. The minimum absolute atomic E-state index is 0.0494. The fourth-order valence-corrected chi connectivity index (χ4v) is 4.78. The van der Waals surface area contributed by atoms with Gasteiger partial charge in [-0.2, -0.15) is 0 Å². The summed E-state index contributed by atoms with van der Waals surface area (Å²) in [6.45, 7) is 4.87. The molecule has 0 saturated carbocycles. The summed E-state index contributed by atoms with van der Waals surface area (Å²) < 4.78 is 7.02. The van der Waals surface area contributed by atoms with E-state index >= 15 is 0 Å². The van der Waals surface area contributed by atoms with Gasteiger partial charge in [-0.1, -0.05) is 6.07 Å². The number of pyridine rings is 2. The lowest BCUT2D eigenvalue weighted by Crippen LogP contribution is -2.31. The highest BCUT2D eigenvalue weighted by Gasteiger charge is 2.41. The van der Waals surface area contributed by atoms with Gasteiger partial charge < -0.3 is 19.5 Å². The molecule has 4 rings (SSSR count). The number of aryl methyl sites for hydroxylation is 1. The van der Waals surface area contributed by atoms with Gasteiger partial charge >= 0.3 is 5.97 Å². The van der Waals surface area contributed by atoms with Gasteiger partial charge in [-0.3, -0.25) is 14.8 Å². The summed E-state index contributed by atoms with van der Waals surface area (Å²) in [6.07, 6.45) is 6.45. The molecule has 7 nitrogen and oxygen atoms in total. The van der Waals surface area contributed by atoms with Crippen LogP contribution >= 0.6 is 12.2 Å². The van der Waals surface area contributed by atoms with Gasteiger partial charge in [0.2, 0.25) is 0 Å². The largest absolute Gasteiger partial charge is 0.469 e. The van der Waals surface area contributed by atoms with Crippen LogP contribution in [0.1, 0.15) is 47.6 Å². The second-order valence-corrected chi connectivity index (χ2v) is 8.26. The van der Waals surface area contributed by atoms with Crippen LogP contribution in [0, 0.1) is 13.8 Å². The van der Waals surface area contributed by atoms with Gasteiger partial charge in [0.25, 0.3) is 0 Å². The van der Waals surface area contributed by atoms with Gasteiger partial charge in [0.1, 0.15) is 0 Å². The van der Waals surface area contributed by atoms with Crippen molar-refractivity contribution in [2.45, 2.75) is 38.8 Å². The molecule has 0 amide bonds. The Morgan fingerprint density at radius 2 is 2.06 bits per heavy atom. The van der Waals surface area contributed by atoms with E-state index in [1.54, 1.807) is 12.4 Å². The van der Waals surface area contributed by atoms with Crippen molar-refractivity contribution in [3.05, 3.63) is 77.6 Å². The molecule has 1 N–H and O–H groups in total. The van der Waals surface area contributed by atoms with E-state index in [2.05, 4.69) is 50.7 Å². The zero-order valence-electron chi connectivity index (χ0n) is 18.5. The number of methoxy groups -OCH3 is 1. The number of hydrogen-bond acceptors (Lipinski definition) is 5. The third-order valence-electron chi connectivity index (χ3n) is 5.90. The number of nitrogens with zero attached hydrogens (tertiary/aromatic N) is 4. The monoisotopic (exact) mass is 449 g/mol. The van der Waals surface area contributed by atoms with Crippen LogP contribution in [0.15, 0.2) is 55.0 Å². The highest BCUT2D eigenvalue weighted by molar-refractivity contribution is 7.80. The molecule has 1 aliphatic heterocycles. The Labute approximate surface area is 193 Å². The van der Waals surface area contributed by atoms with Crippen molar-refractivity contribution >= 4 is 23.3 Å². The smallest absolute Gasteiger partial charge is 0.305 e. The maximum Gasteiger partial charge on any atom is 0.305 e. The number of esters is 1. The summed E-state index contributed by atoms with van der Waals surface area (Å²) in [5.41, 5.74) is 5.38. The summed E-state index contributed by atoms with van der Waals surface area (Å²) >= 11 is 5.73. The molecule has 0 aliphatic carbocycles. The molecule has 0 unspecified atom stereocenters. The van der Waals surface area contributed by atoms with E-state index in [1.165, 1.54) is 12.7 Å². The molecule has 1 fully saturated rings.